The van der Waals surface area contributed by atoms with Crippen LogP contribution >= 0.6 is 0 Å². The maximum Gasteiger partial charge on any atom is 0.261 e. The summed E-state index contributed by atoms with van der Waals surface area (Å²) in [7, 11) is 0.708. The summed E-state index contributed by atoms with van der Waals surface area (Å²) in [6.45, 7) is 1.82. The third-order valence-corrected chi connectivity index (χ3v) is 6.44. The molecular formula is C24H25FN2O5S. The minimum absolute atomic E-state index is 0.192. The van der Waals surface area contributed by atoms with Crippen molar-refractivity contribution in [1.29, 1.82) is 0 Å². The second kappa shape index (κ2) is 9.91. The van der Waals surface area contributed by atoms with E-state index in [1.165, 1.54) is 36.3 Å². The second-order valence-electron chi connectivity index (χ2n) is 7.44. The van der Waals surface area contributed by atoms with Crippen LogP contribution in [0.3, 0.4) is 0 Å². The number of rotatable bonds is 8. The molecule has 3 aromatic rings. The van der Waals surface area contributed by atoms with E-state index in [2.05, 4.69) is 4.72 Å². The number of carbonyl (C=O) groups is 1. The number of hydrogen-bond donors (Lipinski definition) is 1. The molecule has 0 saturated carbocycles. The molecule has 174 valence electrons. The van der Waals surface area contributed by atoms with Crippen molar-refractivity contribution in [2.45, 2.75) is 18.4 Å². The number of nitrogens with zero attached hydrogens (tertiary/aromatic N) is 1. The van der Waals surface area contributed by atoms with E-state index in [9.17, 15) is 17.6 Å². The Bertz CT molecular complexity index is 1280. The molecule has 0 radical (unpaired) electrons. The van der Waals surface area contributed by atoms with Gasteiger partial charge in [-0.15, -0.1) is 0 Å². The average Bonchev–Trinajstić information content (AvgIpc) is 2.80. The molecule has 0 aliphatic carbocycles. The molecule has 0 aliphatic rings. The Kier molecular flexibility index (Phi) is 7.23. The number of ether oxygens (including phenoxy) is 2. The van der Waals surface area contributed by atoms with Crippen molar-refractivity contribution < 1.29 is 27.1 Å². The number of hydrogen-bond acceptors (Lipinski definition) is 5. The molecule has 3 rings (SSSR count). The van der Waals surface area contributed by atoms with Gasteiger partial charge in [0.25, 0.3) is 15.9 Å². The molecule has 0 atom stereocenters. The van der Waals surface area contributed by atoms with Gasteiger partial charge in [0.2, 0.25) is 0 Å². The largest absolute Gasteiger partial charge is 0.497 e. The molecule has 3 aromatic carbocycles. The first-order chi connectivity index (χ1) is 15.6. The molecule has 9 heteroatoms. The third-order valence-electron chi connectivity index (χ3n) is 5.06. The smallest absolute Gasteiger partial charge is 0.261 e. The quantitative estimate of drug-likeness (QED) is 0.531. The highest BCUT2D eigenvalue weighted by atomic mass is 32.2. The number of halogens is 1. The van der Waals surface area contributed by atoms with Gasteiger partial charge >= 0.3 is 0 Å². The molecule has 0 fully saturated rings. The van der Waals surface area contributed by atoms with E-state index in [0.717, 1.165) is 11.6 Å². The van der Waals surface area contributed by atoms with Crippen LogP contribution < -0.4 is 14.2 Å². The van der Waals surface area contributed by atoms with Gasteiger partial charge in [0.15, 0.2) is 0 Å². The monoisotopic (exact) mass is 472 g/mol. The summed E-state index contributed by atoms with van der Waals surface area (Å²) in [5.74, 6) is 0.298. The molecule has 0 unspecified atom stereocenters. The zero-order chi connectivity index (χ0) is 24.2. The van der Waals surface area contributed by atoms with Crippen LogP contribution in [0.25, 0.3) is 0 Å². The van der Waals surface area contributed by atoms with Crippen LogP contribution in [0.1, 0.15) is 21.5 Å². The second-order valence-corrected chi connectivity index (χ2v) is 9.12. The number of aryl methyl sites for hydroxylation is 1. The number of nitrogens with one attached hydrogen (secondary N) is 1. The normalized spacial score (nSPS) is 11.1. The van der Waals surface area contributed by atoms with Gasteiger partial charge in [-0.25, -0.2) is 12.8 Å². The van der Waals surface area contributed by atoms with E-state index in [-0.39, 0.29) is 23.0 Å². The van der Waals surface area contributed by atoms with Crippen LogP contribution in [0.4, 0.5) is 10.1 Å². The first-order valence-corrected chi connectivity index (χ1v) is 11.5. The van der Waals surface area contributed by atoms with Gasteiger partial charge in [-0.1, -0.05) is 12.1 Å². The fourth-order valence-electron chi connectivity index (χ4n) is 3.20. The van der Waals surface area contributed by atoms with Gasteiger partial charge < -0.3 is 14.4 Å². The zero-order valence-electron chi connectivity index (χ0n) is 18.8. The molecule has 1 amide bonds. The Morgan fingerprint density at radius 3 is 2.45 bits per heavy atom. The lowest BCUT2D eigenvalue weighted by Crippen LogP contribution is -2.26. The summed E-state index contributed by atoms with van der Waals surface area (Å²) in [5, 5.41) is 0. The summed E-state index contributed by atoms with van der Waals surface area (Å²) < 4.78 is 52.1. The van der Waals surface area contributed by atoms with E-state index in [1.54, 1.807) is 45.3 Å². The average molecular weight is 473 g/mol. The van der Waals surface area contributed by atoms with E-state index in [4.69, 9.17) is 9.47 Å². The summed E-state index contributed by atoms with van der Waals surface area (Å²) in [6.07, 6.45) is 0. The van der Waals surface area contributed by atoms with Gasteiger partial charge in [0.1, 0.15) is 17.3 Å². The molecule has 0 heterocycles. The Morgan fingerprint density at radius 2 is 1.79 bits per heavy atom. The van der Waals surface area contributed by atoms with Crippen molar-refractivity contribution in [3.05, 3.63) is 83.2 Å². The molecule has 0 spiro atoms. The lowest BCUT2D eigenvalue weighted by Gasteiger charge is -2.20. The first kappa shape index (κ1) is 24.1. The minimum Gasteiger partial charge on any atom is -0.497 e. The number of sulfonamides is 1. The van der Waals surface area contributed by atoms with Gasteiger partial charge in [-0.3, -0.25) is 9.52 Å². The molecule has 7 nitrogen and oxygen atoms in total. The van der Waals surface area contributed by atoms with Crippen molar-refractivity contribution in [3.8, 4) is 11.5 Å². The van der Waals surface area contributed by atoms with E-state index < -0.39 is 15.8 Å². The molecule has 0 aromatic heterocycles. The lowest BCUT2D eigenvalue weighted by atomic mass is 10.1. The van der Waals surface area contributed by atoms with Crippen molar-refractivity contribution in [3.63, 3.8) is 0 Å². The molecule has 33 heavy (non-hydrogen) atoms. The topological polar surface area (TPSA) is 84.9 Å². The highest BCUT2D eigenvalue weighted by Gasteiger charge is 2.18. The van der Waals surface area contributed by atoms with Crippen molar-refractivity contribution >= 4 is 21.6 Å². The summed E-state index contributed by atoms with van der Waals surface area (Å²) >= 11 is 0. The number of amides is 1. The SMILES string of the molecule is COc1ccc(CN(C)C(=O)c2cccc(NS(=O)(=O)c3ccc(C)c(F)c3)c2)c(OC)c1. The van der Waals surface area contributed by atoms with Gasteiger partial charge in [0.05, 0.1) is 19.1 Å². The van der Waals surface area contributed by atoms with E-state index in [0.29, 0.717) is 22.6 Å². The first-order valence-electron chi connectivity index (χ1n) is 10.00. The van der Waals surface area contributed by atoms with Crippen LogP contribution in [0.15, 0.2) is 65.6 Å². The number of benzene rings is 3. The Balaban J connectivity index is 1.78. The van der Waals surface area contributed by atoms with Crippen LogP contribution in [0.2, 0.25) is 0 Å². The maximum atomic E-state index is 13.8. The standard InChI is InChI=1S/C24H25FN2O5S/c1-16-8-11-21(14-22(16)25)33(29,30)26-19-7-5-6-17(12-19)24(28)27(2)15-18-9-10-20(31-3)13-23(18)32-4/h5-14,26H,15H2,1-4H3. The Labute approximate surface area is 192 Å². The highest BCUT2D eigenvalue weighted by Crippen LogP contribution is 2.26. The van der Waals surface area contributed by atoms with Crippen LogP contribution in [-0.4, -0.2) is 40.5 Å². The summed E-state index contributed by atoms with van der Waals surface area (Å²) in [5.41, 5.74) is 1.61. The van der Waals surface area contributed by atoms with Crippen LogP contribution in [0.5, 0.6) is 11.5 Å². The summed E-state index contributed by atoms with van der Waals surface area (Å²) in [6, 6.07) is 15.1. The van der Waals surface area contributed by atoms with E-state index >= 15 is 0 Å². The van der Waals surface area contributed by atoms with Gasteiger partial charge in [0, 0.05) is 36.5 Å². The van der Waals surface area contributed by atoms with Crippen molar-refractivity contribution in [2.75, 3.05) is 26.0 Å². The zero-order valence-corrected chi connectivity index (χ0v) is 19.6. The van der Waals surface area contributed by atoms with E-state index in [1.807, 2.05) is 6.07 Å². The Morgan fingerprint density at radius 1 is 1.03 bits per heavy atom. The lowest BCUT2D eigenvalue weighted by molar-refractivity contribution is 0.0784. The molecule has 1 N–H and O–H groups in total. The van der Waals surface area contributed by atoms with Crippen LogP contribution in [-0.2, 0) is 16.6 Å². The number of methoxy groups -OCH3 is 2. The van der Waals surface area contributed by atoms with Crippen molar-refractivity contribution in [1.82, 2.24) is 4.90 Å². The number of anilines is 1. The predicted molar refractivity (Wildman–Crippen MR) is 124 cm³/mol. The molecule has 0 aliphatic heterocycles. The van der Waals surface area contributed by atoms with Crippen LogP contribution in [0, 0.1) is 12.7 Å². The van der Waals surface area contributed by atoms with Crippen molar-refractivity contribution in [2.24, 2.45) is 0 Å². The molecular weight excluding hydrogens is 447 g/mol. The molecule has 0 saturated heterocycles. The maximum absolute atomic E-state index is 13.8. The van der Waals surface area contributed by atoms with Gasteiger partial charge in [-0.2, -0.15) is 0 Å². The molecule has 0 bridgehead atoms. The highest BCUT2D eigenvalue weighted by molar-refractivity contribution is 7.92. The fourth-order valence-corrected chi connectivity index (χ4v) is 4.26. The fraction of sp³-hybridized carbons (Fsp3) is 0.208. The Hall–Kier alpha value is -3.59. The minimum atomic E-state index is -4.02. The van der Waals surface area contributed by atoms with Gasteiger partial charge in [-0.05, 0) is 55.0 Å². The third kappa shape index (κ3) is 5.61. The predicted octanol–water partition coefficient (Wildman–Crippen LogP) is 4.22. The number of carbonyl (C=O) groups excluding carboxylic acids is 1. The summed E-state index contributed by atoms with van der Waals surface area (Å²) in [4.78, 5) is 14.3.